The molecular weight excluding hydrogens is 194 g/mol. The summed E-state index contributed by atoms with van der Waals surface area (Å²) in [6.45, 7) is 2.06. The molecule has 0 aromatic heterocycles. The van der Waals surface area contributed by atoms with Crippen LogP contribution in [-0.2, 0) is 6.42 Å². The first-order valence-electron chi connectivity index (χ1n) is 4.91. The van der Waals surface area contributed by atoms with Gasteiger partial charge < -0.3 is 0 Å². The number of rotatable bonds is 5. The fraction of sp³-hybridized carbons (Fsp3) is 0.364. The van der Waals surface area contributed by atoms with Gasteiger partial charge in [0.15, 0.2) is 6.29 Å². The summed E-state index contributed by atoms with van der Waals surface area (Å²) in [5.41, 5.74) is 1.28. The first-order chi connectivity index (χ1) is 7.19. The molecule has 0 aliphatic heterocycles. The number of nitro groups is 1. The van der Waals surface area contributed by atoms with Crippen molar-refractivity contribution in [2.75, 3.05) is 0 Å². The van der Waals surface area contributed by atoms with Crippen LogP contribution in [0.1, 0.15) is 35.7 Å². The van der Waals surface area contributed by atoms with Crippen LogP contribution in [0, 0.1) is 10.1 Å². The van der Waals surface area contributed by atoms with Gasteiger partial charge in [-0.15, -0.1) is 0 Å². The van der Waals surface area contributed by atoms with Crippen molar-refractivity contribution in [3.05, 3.63) is 39.4 Å². The Bertz CT molecular complexity index is 374. The van der Waals surface area contributed by atoms with Crippen LogP contribution in [0.15, 0.2) is 18.2 Å². The summed E-state index contributed by atoms with van der Waals surface area (Å²) in [4.78, 5) is 20.7. The number of non-ortho nitro benzene ring substituents is 1. The monoisotopic (exact) mass is 207 g/mol. The summed E-state index contributed by atoms with van der Waals surface area (Å²) in [7, 11) is 0. The minimum Gasteiger partial charge on any atom is -0.298 e. The summed E-state index contributed by atoms with van der Waals surface area (Å²) in [5.74, 6) is 0. The number of benzene rings is 1. The Hall–Kier alpha value is -1.71. The summed E-state index contributed by atoms with van der Waals surface area (Å²) >= 11 is 0. The third kappa shape index (κ3) is 2.87. The number of unbranched alkanes of at least 4 members (excludes halogenated alkanes) is 1. The highest BCUT2D eigenvalue weighted by Gasteiger charge is 2.09. The SMILES string of the molecule is CCCCc1ccc([N+](=O)[O-])cc1C=O. The van der Waals surface area contributed by atoms with Crippen molar-refractivity contribution >= 4 is 12.0 Å². The van der Waals surface area contributed by atoms with Gasteiger partial charge in [0.05, 0.1) is 4.92 Å². The van der Waals surface area contributed by atoms with Crippen LogP contribution in [0.3, 0.4) is 0 Å². The summed E-state index contributed by atoms with van der Waals surface area (Å²) in [6, 6.07) is 4.44. The third-order valence-corrected chi connectivity index (χ3v) is 2.27. The Labute approximate surface area is 88.1 Å². The summed E-state index contributed by atoms with van der Waals surface area (Å²) in [6.07, 6.45) is 3.49. The number of aldehydes is 1. The van der Waals surface area contributed by atoms with Gasteiger partial charge in [0, 0.05) is 17.7 Å². The Morgan fingerprint density at radius 2 is 2.20 bits per heavy atom. The molecule has 0 aliphatic rings. The van der Waals surface area contributed by atoms with Crippen molar-refractivity contribution < 1.29 is 9.72 Å². The number of hydrogen-bond acceptors (Lipinski definition) is 3. The average molecular weight is 207 g/mol. The largest absolute Gasteiger partial charge is 0.298 e. The molecule has 0 spiro atoms. The second-order valence-corrected chi connectivity index (χ2v) is 3.36. The zero-order valence-electron chi connectivity index (χ0n) is 8.60. The molecule has 0 atom stereocenters. The molecule has 1 aromatic carbocycles. The molecule has 0 heterocycles. The molecule has 4 nitrogen and oxygen atoms in total. The minimum atomic E-state index is -0.489. The molecule has 0 bridgehead atoms. The maximum Gasteiger partial charge on any atom is 0.270 e. The van der Waals surface area contributed by atoms with Gasteiger partial charge in [-0.25, -0.2) is 0 Å². The van der Waals surface area contributed by atoms with Gasteiger partial charge >= 0.3 is 0 Å². The van der Waals surface area contributed by atoms with Crippen molar-refractivity contribution in [2.24, 2.45) is 0 Å². The van der Waals surface area contributed by atoms with E-state index in [-0.39, 0.29) is 5.69 Å². The van der Waals surface area contributed by atoms with E-state index in [4.69, 9.17) is 0 Å². The molecule has 0 aliphatic carbocycles. The molecule has 0 amide bonds. The highest BCUT2D eigenvalue weighted by atomic mass is 16.6. The van der Waals surface area contributed by atoms with E-state index in [2.05, 4.69) is 6.92 Å². The van der Waals surface area contributed by atoms with Crippen molar-refractivity contribution in [1.82, 2.24) is 0 Å². The van der Waals surface area contributed by atoms with Crippen LogP contribution in [0.25, 0.3) is 0 Å². The number of nitro benzene ring substituents is 1. The third-order valence-electron chi connectivity index (χ3n) is 2.27. The number of hydrogen-bond donors (Lipinski definition) is 0. The Balaban J connectivity index is 2.98. The standard InChI is InChI=1S/C11H13NO3/c1-2-3-4-9-5-6-11(12(14)15)7-10(9)8-13/h5-8H,2-4H2,1H3. The van der Waals surface area contributed by atoms with Gasteiger partial charge in [0.1, 0.15) is 0 Å². The molecule has 1 aromatic rings. The first kappa shape index (κ1) is 11.4. The Kier molecular flexibility index (Phi) is 3.97. The molecule has 4 heteroatoms. The van der Waals surface area contributed by atoms with Crippen LogP contribution >= 0.6 is 0 Å². The van der Waals surface area contributed by atoms with Crippen LogP contribution in [0.5, 0.6) is 0 Å². The Morgan fingerprint density at radius 3 is 2.73 bits per heavy atom. The smallest absolute Gasteiger partial charge is 0.270 e. The fourth-order valence-corrected chi connectivity index (χ4v) is 1.40. The molecule has 0 unspecified atom stereocenters. The highest BCUT2D eigenvalue weighted by Crippen LogP contribution is 2.18. The van der Waals surface area contributed by atoms with Gasteiger partial charge in [-0.05, 0) is 18.4 Å². The van der Waals surface area contributed by atoms with E-state index >= 15 is 0 Å². The van der Waals surface area contributed by atoms with Crippen LogP contribution in [0.4, 0.5) is 5.69 Å². The van der Waals surface area contributed by atoms with Crippen LogP contribution < -0.4 is 0 Å². The zero-order valence-corrected chi connectivity index (χ0v) is 8.60. The molecule has 1 rings (SSSR count). The predicted molar refractivity (Wildman–Crippen MR) is 57.1 cm³/mol. The van der Waals surface area contributed by atoms with Crippen molar-refractivity contribution in [1.29, 1.82) is 0 Å². The van der Waals surface area contributed by atoms with Crippen molar-refractivity contribution in [3.8, 4) is 0 Å². The molecule has 15 heavy (non-hydrogen) atoms. The fourth-order valence-electron chi connectivity index (χ4n) is 1.40. The lowest BCUT2D eigenvalue weighted by Gasteiger charge is -2.03. The predicted octanol–water partition coefficient (Wildman–Crippen LogP) is 2.75. The van der Waals surface area contributed by atoms with Crippen molar-refractivity contribution in [3.63, 3.8) is 0 Å². The molecular formula is C11H13NO3. The average Bonchev–Trinajstić information content (AvgIpc) is 2.25. The second-order valence-electron chi connectivity index (χ2n) is 3.36. The zero-order chi connectivity index (χ0) is 11.3. The lowest BCUT2D eigenvalue weighted by molar-refractivity contribution is -0.384. The van der Waals surface area contributed by atoms with Crippen LogP contribution in [-0.4, -0.2) is 11.2 Å². The Morgan fingerprint density at radius 1 is 1.47 bits per heavy atom. The molecule has 0 saturated carbocycles. The first-order valence-corrected chi connectivity index (χ1v) is 4.91. The molecule has 80 valence electrons. The van der Waals surface area contributed by atoms with E-state index in [1.165, 1.54) is 12.1 Å². The number of nitrogens with zero attached hydrogens (tertiary/aromatic N) is 1. The van der Waals surface area contributed by atoms with E-state index in [0.717, 1.165) is 24.8 Å². The molecule has 0 fully saturated rings. The van der Waals surface area contributed by atoms with Gasteiger partial charge in [-0.1, -0.05) is 19.4 Å². The van der Waals surface area contributed by atoms with Crippen molar-refractivity contribution in [2.45, 2.75) is 26.2 Å². The summed E-state index contributed by atoms with van der Waals surface area (Å²) < 4.78 is 0. The molecule has 0 radical (unpaired) electrons. The maximum absolute atomic E-state index is 10.7. The topological polar surface area (TPSA) is 60.2 Å². The molecule has 0 saturated heterocycles. The quantitative estimate of drug-likeness (QED) is 0.423. The number of carbonyl (C=O) groups is 1. The van der Waals surface area contributed by atoms with E-state index in [9.17, 15) is 14.9 Å². The molecule has 0 N–H and O–H groups in total. The second kappa shape index (κ2) is 5.24. The normalized spacial score (nSPS) is 9.93. The lowest BCUT2D eigenvalue weighted by atomic mass is 10.0. The van der Waals surface area contributed by atoms with Gasteiger partial charge in [-0.3, -0.25) is 14.9 Å². The van der Waals surface area contributed by atoms with Gasteiger partial charge in [0.25, 0.3) is 5.69 Å². The van der Waals surface area contributed by atoms with E-state index in [0.29, 0.717) is 11.8 Å². The minimum absolute atomic E-state index is 0.0302. The highest BCUT2D eigenvalue weighted by molar-refractivity contribution is 5.78. The number of aryl methyl sites for hydroxylation is 1. The van der Waals surface area contributed by atoms with Gasteiger partial charge in [0.2, 0.25) is 0 Å². The van der Waals surface area contributed by atoms with Crippen LogP contribution in [0.2, 0.25) is 0 Å². The van der Waals surface area contributed by atoms with E-state index in [1.807, 2.05) is 0 Å². The van der Waals surface area contributed by atoms with E-state index < -0.39 is 4.92 Å². The van der Waals surface area contributed by atoms with Gasteiger partial charge in [-0.2, -0.15) is 0 Å². The maximum atomic E-state index is 10.7. The summed E-state index contributed by atoms with van der Waals surface area (Å²) in [5, 5.41) is 10.5. The van der Waals surface area contributed by atoms with E-state index in [1.54, 1.807) is 6.07 Å². The number of carbonyl (C=O) groups excluding carboxylic acids is 1. The lowest BCUT2D eigenvalue weighted by Crippen LogP contribution is -1.96.